The predicted octanol–water partition coefficient (Wildman–Crippen LogP) is 0.187. The Kier molecular flexibility index (Phi) is 10.1. The van der Waals surface area contributed by atoms with Gasteiger partial charge in [-0.2, -0.15) is 0 Å². The van der Waals surface area contributed by atoms with E-state index in [1.165, 1.54) is 6.92 Å². The molecule has 0 aromatic heterocycles. The van der Waals surface area contributed by atoms with E-state index in [4.69, 9.17) is 0 Å². The second-order valence-electron chi connectivity index (χ2n) is 8.32. The topological polar surface area (TPSA) is 137 Å². The van der Waals surface area contributed by atoms with Gasteiger partial charge in [0.05, 0.1) is 0 Å². The van der Waals surface area contributed by atoms with E-state index in [9.17, 15) is 24.3 Å². The standard InChI is InChI=1S/C24H34N4O5/c1-4-15(2)20-24(33)25-13-9-8-12-19(29)23(32)26-16(3)21(30)27-18(22(31)28-20)14-17-10-6-5-7-11-17/h5-11,15-16,18-20,29H,4,12-14H2,1-3H3,(H,25,33)(H,26,32)(H,27,30)(H,28,31)/b9-8-/t15-,16-,18-,19+,20-/m0/s1. The first-order valence-corrected chi connectivity index (χ1v) is 11.3. The van der Waals surface area contributed by atoms with Crippen molar-refractivity contribution >= 4 is 23.6 Å². The maximum absolute atomic E-state index is 13.2. The van der Waals surface area contributed by atoms with Gasteiger partial charge >= 0.3 is 0 Å². The first-order valence-electron chi connectivity index (χ1n) is 11.3. The quantitative estimate of drug-likeness (QED) is 0.410. The smallest absolute Gasteiger partial charge is 0.249 e. The molecule has 0 saturated heterocycles. The minimum atomic E-state index is -1.34. The fraction of sp³-hybridized carbons (Fsp3) is 0.500. The molecule has 5 atom stereocenters. The summed E-state index contributed by atoms with van der Waals surface area (Å²) in [7, 11) is 0. The van der Waals surface area contributed by atoms with Crippen LogP contribution in [0.15, 0.2) is 42.5 Å². The molecule has 33 heavy (non-hydrogen) atoms. The Morgan fingerprint density at radius 1 is 0.939 bits per heavy atom. The molecule has 180 valence electrons. The van der Waals surface area contributed by atoms with Crippen LogP contribution in [0.3, 0.4) is 0 Å². The number of amides is 4. The molecule has 1 aliphatic rings. The van der Waals surface area contributed by atoms with Gasteiger partial charge in [0.15, 0.2) is 0 Å². The summed E-state index contributed by atoms with van der Waals surface area (Å²) in [6, 6.07) is 6.48. The number of carbonyl (C=O) groups excluding carboxylic acids is 4. The molecular weight excluding hydrogens is 424 g/mol. The van der Waals surface area contributed by atoms with Gasteiger partial charge in [-0.15, -0.1) is 0 Å². The second-order valence-corrected chi connectivity index (χ2v) is 8.32. The molecule has 0 unspecified atom stereocenters. The molecule has 1 aromatic carbocycles. The first kappa shape index (κ1) is 26.1. The molecule has 1 heterocycles. The number of hydrogen-bond acceptors (Lipinski definition) is 5. The van der Waals surface area contributed by atoms with Crippen LogP contribution in [0.4, 0.5) is 0 Å². The van der Waals surface area contributed by atoms with Gasteiger partial charge in [-0.25, -0.2) is 0 Å². The molecule has 1 aromatic rings. The lowest BCUT2D eigenvalue weighted by atomic mass is 9.97. The van der Waals surface area contributed by atoms with Crippen molar-refractivity contribution in [2.24, 2.45) is 5.92 Å². The molecule has 0 spiro atoms. The fourth-order valence-electron chi connectivity index (χ4n) is 3.37. The number of aliphatic hydroxyl groups is 1. The molecule has 0 aliphatic carbocycles. The Bertz CT molecular complexity index is 858. The van der Waals surface area contributed by atoms with Crippen molar-refractivity contribution < 1.29 is 24.3 Å². The van der Waals surface area contributed by atoms with Crippen LogP contribution in [0.1, 0.15) is 39.2 Å². The van der Waals surface area contributed by atoms with Crippen LogP contribution in [0.2, 0.25) is 0 Å². The van der Waals surface area contributed by atoms with Gasteiger partial charge < -0.3 is 26.4 Å². The lowest BCUT2D eigenvalue weighted by Crippen LogP contribution is -2.58. The minimum Gasteiger partial charge on any atom is -0.383 e. The number of nitrogens with one attached hydrogen (secondary N) is 4. The van der Waals surface area contributed by atoms with E-state index in [2.05, 4.69) is 21.3 Å². The molecule has 9 heteroatoms. The Labute approximate surface area is 194 Å². The van der Waals surface area contributed by atoms with Crippen molar-refractivity contribution in [3.05, 3.63) is 48.0 Å². The lowest BCUT2D eigenvalue weighted by Gasteiger charge is -2.27. The van der Waals surface area contributed by atoms with E-state index in [0.29, 0.717) is 6.42 Å². The molecule has 0 saturated carbocycles. The molecule has 1 aliphatic heterocycles. The zero-order chi connectivity index (χ0) is 24.4. The highest BCUT2D eigenvalue weighted by Gasteiger charge is 2.31. The Balaban J connectivity index is 2.33. The number of rotatable bonds is 4. The fourth-order valence-corrected chi connectivity index (χ4v) is 3.37. The van der Waals surface area contributed by atoms with Crippen LogP contribution in [0.25, 0.3) is 0 Å². The summed E-state index contributed by atoms with van der Waals surface area (Å²) in [5, 5.41) is 20.7. The zero-order valence-electron chi connectivity index (χ0n) is 19.3. The third-order valence-corrected chi connectivity index (χ3v) is 5.68. The van der Waals surface area contributed by atoms with E-state index in [1.807, 2.05) is 44.2 Å². The van der Waals surface area contributed by atoms with Gasteiger partial charge in [0.1, 0.15) is 24.2 Å². The third kappa shape index (κ3) is 8.02. The summed E-state index contributed by atoms with van der Waals surface area (Å²) >= 11 is 0. The van der Waals surface area contributed by atoms with E-state index < -0.39 is 42.0 Å². The normalized spacial score (nSPS) is 27.5. The van der Waals surface area contributed by atoms with Crippen LogP contribution in [-0.2, 0) is 25.6 Å². The van der Waals surface area contributed by atoms with Gasteiger partial charge in [0, 0.05) is 19.4 Å². The Morgan fingerprint density at radius 3 is 2.30 bits per heavy atom. The molecular formula is C24H34N4O5. The molecule has 0 radical (unpaired) electrons. The molecule has 4 amide bonds. The zero-order valence-corrected chi connectivity index (χ0v) is 19.3. The number of aliphatic hydroxyl groups excluding tert-OH is 1. The van der Waals surface area contributed by atoms with Crippen molar-refractivity contribution in [2.45, 2.75) is 64.3 Å². The third-order valence-electron chi connectivity index (χ3n) is 5.68. The van der Waals surface area contributed by atoms with Gasteiger partial charge in [-0.3, -0.25) is 19.2 Å². The highest BCUT2D eigenvalue weighted by Crippen LogP contribution is 2.10. The average molecular weight is 459 g/mol. The van der Waals surface area contributed by atoms with Crippen LogP contribution >= 0.6 is 0 Å². The van der Waals surface area contributed by atoms with Gasteiger partial charge in [-0.05, 0) is 18.4 Å². The highest BCUT2D eigenvalue weighted by atomic mass is 16.3. The van der Waals surface area contributed by atoms with E-state index in [-0.39, 0.29) is 31.2 Å². The summed E-state index contributed by atoms with van der Waals surface area (Å²) in [6.45, 7) is 5.47. The summed E-state index contributed by atoms with van der Waals surface area (Å²) in [4.78, 5) is 50.9. The van der Waals surface area contributed by atoms with Crippen molar-refractivity contribution in [1.82, 2.24) is 21.3 Å². The minimum absolute atomic E-state index is 0.0399. The van der Waals surface area contributed by atoms with E-state index in [1.54, 1.807) is 12.2 Å². The largest absolute Gasteiger partial charge is 0.383 e. The molecule has 0 fully saturated rings. The van der Waals surface area contributed by atoms with Crippen molar-refractivity contribution in [1.29, 1.82) is 0 Å². The number of carbonyl (C=O) groups is 4. The van der Waals surface area contributed by atoms with Crippen molar-refractivity contribution in [3.63, 3.8) is 0 Å². The monoisotopic (exact) mass is 458 g/mol. The van der Waals surface area contributed by atoms with Crippen molar-refractivity contribution in [2.75, 3.05) is 6.54 Å². The van der Waals surface area contributed by atoms with Gasteiger partial charge in [0.25, 0.3) is 0 Å². The first-order chi connectivity index (χ1) is 15.7. The van der Waals surface area contributed by atoms with Gasteiger partial charge in [0.2, 0.25) is 23.6 Å². The lowest BCUT2D eigenvalue weighted by molar-refractivity contribution is -0.135. The Morgan fingerprint density at radius 2 is 1.64 bits per heavy atom. The highest BCUT2D eigenvalue weighted by molar-refractivity contribution is 5.94. The average Bonchev–Trinajstić information content (AvgIpc) is 2.80. The molecule has 2 rings (SSSR count). The second kappa shape index (κ2) is 12.7. The maximum Gasteiger partial charge on any atom is 0.249 e. The van der Waals surface area contributed by atoms with E-state index in [0.717, 1.165) is 5.56 Å². The molecule has 0 bridgehead atoms. The van der Waals surface area contributed by atoms with Crippen LogP contribution in [-0.4, -0.2) is 59.5 Å². The molecule has 9 nitrogen and oxygen atoms in total. The summed E-state index contributed by atoms with van der Waals surface area (Å²) < 4.78 is 0. The summed E-state index contributed by atoms with van der Waals surface area (Å²) in [5.74, 6) is -2.23. The van der Waals surface area contributed by atoms with Gasteiger partial charge in [-0.1, -0.05) is 62.8 Å². The van der Waals surface area contributed by atoms with Crippen LogP contribution in [0.5, 0.6) is 0 Å². The maximum atomic E-state index is 13.2. The SMILES string of the molecule is CC[C@H](C)[C@@H]1NC(=O)[C@H](Cc2ccccc2)NC(=O)[C@H](C)NC(=O)[C@H](O)C/C=C\CNC1=O. The summed E-state index contributed by atoms with van der Waals surface area (Å²) in [5.41, 5.74) is 0.828. The van der Waals surface area contributed by atoms with E-state index >= 15 is 0 Å². The summed E-state index contributed by atoms with van der Waals surface area (Å²) in [6.07, 6.45) is 2.78. The van der Waals surface area contributed by atoms with Crippen LogP contribution < -0.4 is 21.3 Å². The Hall–Kier alpha value is -3.20. The number of hydrogen-bond donors (Lipinski definition) is 5. The number of benzene rings is 1. The predicted molar refractivity (Wildman–Crippen MR) is 124 cm³/mol. The van der Waals surface area contributed by atoms with Crippen molar-refractivity contribution in [3.8, 4) is 0 Å². The molecule has 5 N–H and O–H groups in total. The van der Waals surface area contributed by atoms with Crippen LogP contribution in [0, 0.1) is 5.92 Å².